The van der Waals surface area contributed by atoms with Crippen LogP contribution in [0.15, 0.2) is 41.9 Å². The van der Waals surface area contributed by atoms with Crippen molar-refractivity contribution in [3.05, 3.63) is 53.3 Å². The standard InChI is InChI=1S/C16H15N3OS/c20-16(13-10-15-12(18-13)6-9-21-15)19-8-3-5-14(19)11-4-1-2-7-17-11/h1-2,4,6-7,9-10,14,18H,3,5,8H2/t14-/m0/s1. The number of carbonyl (C=O) groups excluding carboxylic acids is 1. The number of likely N-dealkylation sites (tertiary alicyclic amines) is 1. The predicted molar refractivity (Wildman–Crippen MR) is 83.4 cm³/mol. The van der Waals surface area contributed by atoms with Gasteiger partial charge in [0.1, 0.15) is 5.69 Å². The van der Waals surface area contributed by atoms with Gasteiger partial charge < -0.3 is 9.88 Å². The summed E-state index contributed by atoms with van der Waals surface area (Å²) in [5, 5.41) is 2.03. The number of aromatic nitrogens is 2. The number of pyridine rings is 1. The van der Waals surface area contributed by atoms with Gasteiger partial charge in [-0.3, -0.25) is 9.78 Å². The van der Waals surface area contributed by atoms with Crippen molar-refractivity contribution in [3.8, 4) is 0 Å². The lowest BCUT2D eigenvalue weighted by Crippen LogP contribution is -2.31. The Kier molecular flexibility index (Phi) is 3.00. The van der Waals surface area contributed by atoms with Crippen LogP contribution in [0.25, 0.3) is 10.2 Å². The Balaban J connectivity index is 1.65. The number of fused-ring (bicyclic) bond motifs is 1. The van der Waals surface area contributed by atoms with Gasteiger partial charge in [-0.05, 0) is 42.5 Å². The smallest absolute Gasteiger partial charge is 0.270 e. The van der Waals surface area contributed by atoms with E-state index in [0.717, 1.165) is 35.3 Å². The van der Waals surface area contributed by atoms with Crippen molar-refractivity contribution in [2.75, 3.05) is 6.54 Å². The third-order valence-corrected chi connectivity index (χ3v) is 4.88. The summed E-state index contributed by atoms with van der Waals surface area (Å²) in [6.45, 7) is 0.798. The van der Waals surface area contributed by atoms with Gasteiger partial charge in [0, 0.05) is 12.7 Å². The van der Waals surface area contributed by atoms with Crippen molar-refractivity contribution < 1.29 is 4.79 Å². The Hall–Kier alpha value is -2.14. The number of carbonyl (C=O) groups is 1. The summed E-state index contributed by atoms with van der Waals surface area (Å²) in [5.41, 5.74) is 2.70. The zero-order valence-electron chi connectivity index (χ0n) is 11.5. The van der Waals surface area contributed by atoms with E-state index < -0.39 is 0 Å². The number of nitrogens with zero attached hydrogens (tertiary/aromatic N) is 2. The molecule has 5 heteroatoms. The molecule has 0 radical (unpaired) electrons. The highest BCUT2D eigenvalue weighted by Crippen LogP contribution is 2.32. The average Bonchev–Trinajstić information content (AvgIpc) is 3.22. The first-order valence-electron chi connectivity index (χ1n) is 7.11. The van der Waals surface area contributed by atoms with E-state index in [0.29, 0.717) is 5.69 Å². The molecule has 4 nitrogen and oxygen atoms in total. The molecule has 3 aromatic heterocycles. The zero-order valence-corrected chi connectivity index (χ0v) is 12.3. The van der Waals surface area contributed by atoms with Crippen molar-refractivity contribution in [1.29, 1.82) is 0 Å². The maximum Gasteiger partial charge on any atom is 0.270 e. The third kappa shape index (κ3) is 2.14. The highest BCUT2D eigenvalue weighted by atomic mass is 32.1. The molecule has 0 unspecified atom stereocenters. The Morgan fingerprint density at radius 2 is 2.33 bits per heavy atom. The molecular weight excluding hydrogens is 282 g/mol. The SMILES string of the molecule is O=C(c1cc2sccc2[nH]1)N1CCC[C@H]1c1ccccn1. The van der Waals surface area contributed by atoms with Gasteiger partial charge in [0.2, 0.25) is 0 Å². The second-order valence-corrected chi connectivity index (χ2v) is 6.24. The predicted octanol–water partition coefficient (Wildman–Crippen LogP) is 3.60. The van der Waals surface area contributed by atoms with Crippen LogP contribution in [0.4, 0.5) is 0 Å². The number of H-pyrrole nitrogens is 1. The average molecular weight is 297 g/mol. The molecule has 106 valence electrons. The molecule has 0 aliphatic carbocycles. The highest BCUT2D eigenvalue weighted by molar-refractivity contribution is 7.17. The zero-order chi connectivity index (χ0) is 14.2. The summed E-state index contributed by atoms with van der Waals surface area (Å²) in [7, 11) is 0. The molecule has 0 aromatic carbocycles. The summed E-state index contributed by atoms with van der Waals surface area (Å²) in [6.07, 6.45) is 3.81. The van der Waals surface area contributed by atoms with Gasteiger partial charge in [-0.2, -0.15) is 0 Å². The maximum absolute atomic E-state index is 12.8. The lowest BCUT2D eigenvalue weighted by atomic mass is 10.1. The quantitative estimate of drug-likeness (QED) is 0.785. The van der Waals surface area contributed by atoms with Gasteiger partial charge in [-0.25, -0.2) is 0 Å². The van der Waals surface area contributed by atoms with Gasteiger partial charge in [0.05, 0.1) is 22.0 Å². The molecule has 1 N–H and O–H groups in total. The van der Waals surface area contributed by atoms with Crippen LogP contribution in [0.3, 0.4) is 0 Å². The molecule has 4 heterocycles. The Morgan fingerprint density at radius 1 is 1.38 bits per heavy atom. The first kappa shape index (κ1) is 12.6. The van der Waals surface area contributed by atoms with E-state index in [2.05, 4.69) is 9.97 Å². The summed E-state index contributed by atoms with van der Waals surface area (Å²) >= 11 is 1.65. The lowest BCUT2D eigenvalue weighted by Gasteiger charge is -2.23. The molecule has 0 spiro atoms. The maximum atomic E-state index is 12.8. The topological polar surface area (TPSA) is 49.0 Å². The van der Waals surface area contributed by atoms with Crippen LogP contribution < -0.4 is 0 Å². The van der Waals surface area contributed by atoms with E-state index in [4.69, 9.17) is 0 Å². The highest BCUT2D eigenvalue weighted by Gasteiger charge is 2.32. The molecular formula is C16H15N3OS. The van der Waals surface area contributed by atoms with Gasteiger partial charge in [0.15, 0.2) is 0 Å². The van der Waals surface area contributed by atoms with Crippen molar-refractivity contribution >= 4 is 27.5 Å². The molecule has 3 aromatic rings. The van der Waals surface area contributed by atoms with Gasteiger partial charge >= 0.3 is 0 Å². The Labute approximate surface area is 126 Å². The number of aromatic amines is 1. The van der Waals surface area contributed by atoms with Gasteiger partial charge in [-0.1, -0.05) is 6.07 Å². The number of hydrogen-bond acceptors (Lipinski definition) is 3. The molecule has 1 atom stereocenters. The van der Waals surface area contributed by atoms with E-state index >= 15 is 0 Å². The molecule has 4 rings (SSSR count). The van der Waals surface area contributed by atoms with Gasteiger partial charge in [0.25, 0.3) is 5.91 Å². The van der Waals surface area contributed by atoms with E-state index in [1.165, 1.54) is 0 Å². The van der Waals surface area contributed by atoms with Crippen LogP contribution in [-0.2, 0) is 0 Å². The third-order valence-electron chi connectivity index (χ3n) is 4.01. The number of nitrogens with one attached hydrogen (secondary N) is 1. The van der Waals surface area contributed by atoms with E-state index in [1.54, 1.807) is 17.5 Å². The minimum absolute atomic E-state index is 0.0755. The largest absolute Gasteiger partial charge is 0.350 e. The Morgan fingerprint density at radius 3 is 3.14 bits per heavy atom. The van der Waals surface area contributed by atoms with Crippen molar-refractivity contribution in [2.24, 2.45) is 0 Å². The van der Waals surface area contributed by atoms with E-state index in [9.17, 15) is 4.79 Å². The minimum atomic E-state index is 0.0755. The summed E-state index contributed by atoms with van der Waals surface area (Å²) in [6, 6.07) is 9.95. The fraction of sp³-hybridized carbons (Fsp3) is 0.250. The fourth-order valence-corrected chi connectivity index (χ4v) is 3.79. The van der Waals surface area contributed by atoms with Crippen LogP contribution in [0.1, 0.15) is 35.1 Å². The van der Waals surface area contributed by atoms with Crippen LogP contribution >= 0.6 is 11.3 Å². The normalized spacial score (nSPS) is 18.5. The van der Waals surface area contributed by atoms with Crippen molar-refractivity contribution in [1.82, 2.24) is 14.9 Å². The number of thiophene rings is 1. The minimum Gasteiger partial charge on any atom is -0.350 e. The summed E-state index contributed by atoms with van der Waals surface area (Å²) in [5.74, 6) is 0.0755. The number of rotatable bonds is 2. The molecule has 1 aliphatic heterocycles. The van der Waals surface area contributed by atoms with Crippen molar-refractivity contribution in [2.45, 2.75) is 18.9 Å². The van der Waals surface area contributed by atoms with Crippen LogP contribution in [0.2, 0.25) is 0 Å². The molecule has 0 saturated carbocycles. The monoisotopic (exact) mass is 297 g/mol. The number of hydrogen-bond donors (Lipinski definition) is 1. The summed E-state index contributed by atoms with van der Waals surface area (Å²) in [4.78, 5) is 22.4. The van der Waals surface area contributed by atoms with E-state index in [1.807, 2.05) is 40.6 Å². The first-order valence-corrected chi connectivity index (χ1v) is 7.99. The lowest BCUT2D eigenvalue weighted by molar-refractivity contribution is 0.0728. The van der Waals surface area contributed by atoms with Crippen molar-refractivity contribution in [3.63, 3.8) is 0 Å². The second kappa shape index (κ2) is 5.00. The molecule has 0 bridgehead atoms. The van der Waals surface area contributed by atoms with Crippen LogP contribution in [-0.4, -0.2) is 27.3 Å². The van der Waals surface area contributed by atoms with Crippen LogP contribution in [0.5, 0.6) is 0 Å². The van der Waals surface area contributed by atoms with Gasteiger partial charge in [-0.15, -0.1) is 11.3 Å². The van der Waals surface area contributed by atoms with Crippen LogP contribution in [0, 0.1) is 0 Å². The fourth-order valence-electron chi connectivity index (χ4n) is 3.01. The van der Waals surface area contributed by atoms with E-state index in [-0.39, 0.29) is 11.9 Å². The molecule has 1 amide bonds. The second-order valence-electron chi connectivity index (χ2n) is 5.29. The summed E-state index contributed by atoms with van der Waals surface area (Å²) < 4.78 is 1.13. The number of amides is 1. The molecule has 21 heavy (non-hydrogen) atoms. The molecule has 1 fully saturated rings. The first-order chi connectivity index (χ1) is 10.3. The molecule has 1 aliphatic rings. The Bertz CT molecular complexity index is 749. The molecule has 1 saturated heterocycles.